The van der Waals surface area contributed by atoms with Crippen LogP contribution in [0.3, 0.4) is 0 Å². The Morgan fingerprint density at radius 2 is 1.38 bits per heavy atom. The number of rotatable bonds is 23. The van der Waals surface area contributed by atoms with Gasteiger partial charge in [-0.2, -0.15) is 0 Å². The highest BCUT2D eigenvalue weighted by atomic mass is 32.1. The molecule has 1 rings (SSSR count). The number of nitrogens with one attached hydrogen (secondary N) is 2. The van der Waals surface area contributed by atoms with Crippen LogP contribution < -0.4 is 10.6 Å². The van der Waals surface area contributed by atoms with Gasteiger partial charge >= 0.3 is 0 Å². The fourth-order valence-electron chi connectivity index (χ4n) is 4.06. The largest absolute Gasteiger partial charge is 0.360 e. The van der Waals surface area contributed by atoms with Gasteiger partial charge in [0.25, 0.3) is 0 Å². The Kier molecular flexibility index (Phi) is 19.9. The van der Waals surface area contributed by atoms with Crippen molar-refractivity contribution in [3.8, 4) is 0 Å². The number of nitrogens with zero attached hydrogens (tertiary/aromatic N) is 2. The molecule has 1 heterocycles. The van der Waals surface area contributed by atoms with Crippen LogP contribution in [0.25, 0.3) is 0 Å². The Bertz CT molecular complexity index is 632. The number of carbonyl (C=O) groups excluding carboxylic acids is 1. The van der Waals surface area contributed by atoms with Gasteiger partial charge in [-0.15, -0.1) is 10.2 Å². The lowest BCUT2D eigenvalue weighted by Crippen LogP contribution is -2.13. The Morgan fingerprint density at radius 3 is 2.03 bits per heavy atom. The number of allylic oxidation sites excluding steroid dienone is 2. The zero-order chi connectivity index (χ0) is 24.7. The van der Waals surface area contributed by atoms with Gasteiger partial charge in [0.1, 0.15) is 0 Å². The number of unbranched alkanes of at least 4 members (excludes halogenated alkanes) is 12. The topological polar surface area (TPSA) is 66.9 Å². The highest BCUT2D eigenvalue weighted by Crippen LogP contribution is 2.22. The maximum atomic E-state index is 12.2. The molecule has 0 aromatic carbocycles. The van der Waals surface area contributed by atoms with Gasteiger partial charge in [0, 0.05) is 13.0 Å². The van der Waals surface area contributed by atoms with Crippen LogP contribution in [0.4, 0.5) is 10.3 Å². The maximum absolute atomic E-state index is 12.2. The van der Waals surface area contributed by atoms with E-state index in [4.69, 9.17) is 0 Å². The van der Waals surface area contributed by atoms with Gasteiger partial charge in [-0.25, -0.2) is 0 Å². The molecule has 0 saturated carbocycles. The molecule has 0 aliphatic carbocycles. The second-order valence-electron chi connectivity index (χ2n) is 9.59. The lowest BCUT2D eigenvalue weighted by Gasteiger charge is -2.14. The smallest absolute Gasteiger partial charge is 0.226 e. The molecular weight excluding hydrogens is 440 g/mol. The summed E-state index contributed by atoms with van der Waals surface area (Å²) in [6.45, 7) is 7.67. The first kappa shape index (κ1) is 30.6. The summed E-state index contributed by atoms with van der Waals surface area (Å²) in [7, 11) is 0. The molecule has 5 nitrogen and oxygen atoms in total. The molecule has 1 aromatic heterocycles. The molecule has 0 radical (unpaired) electrons. The first-order chi connectivity index (χ1) is 16.7. The van der Waals surface area contributed by atoms with Crippen LogP contribution in [-0.2, 0) is 4.79 Å². The van der Waals surface area contributed by atoms with E-state index in [-0.39, 0.29) is 5.91 Å². The van der Waals surface area contributed by atoms with Gasteiger partial charge in [0.2, 0.25) is 16.2 Å². The molecule has 1 aromatic rings. The maximum Gasteiger partial charge on any atom is 0.226 e. The van der Waals surface area contributed by atoms with Crippen molar-refractivity contribution in [2.45, 2.75) is 136 Å². The van der Waals surface area contributed by atoms with E-state index in [1.54, 1.807) is 0 Å². The van der Waals surface area contributed by atoms with Crippen molar-refractivity contribution in [2.75, 3.05) is 17.2 Å². The van der Waals surface area contributed by atoms with Crippen molar-refractivity contribution in [1.82, 2.24) is 10.2 Å². The lowest BCUT2D eigenvalue weighted by molar-refractivity contribution is -0.116. The summed E-state index contributed by atoms with van der Waals surface area (Å²) in [5.41, 5.74) is 0. The Labute approximate surface area is 214 Å². The van der Waals surface area contributed by atoms with Crippen LogP contribution in [0.2, 0.25) is 0 Å². The fourth-order valence-corrected chi connectivity index (χ4v) is 4.73. The molecule has 1 atom stereocenters. The van der Waals surface area contributed by atoms with Crippen LogP contribution in [0.1, 0.15) is 136 Å². The molecule has 2 N–H and O–H groups in total. The van der Waals surface area contributed by atoms with Gasteiger partial charge < -0.3 is 10.6 Å². The van der Waals surface area contributed by atoms with Gasteiger partial charge in [-0.05, 0) is 44.4 Å². The summed E-state index contributed by atoms with van der Waals surface area (Å²) >= 11 is 1.43. The van der Waals surface area contributed by atoms with E-state index >= 15 is 0 Å². The minimum absolute atomic E-state index is 0.0507. The highest BCUT2D eigenvalue weighted by molar-refractivity contribution is 7.19. The van der Waals surface area contributed by atoms with Crippen LogP contribution in [0.15, 0.2) is 12.2 Å². The molecule has 0 spiro atoms. The van der Waals surface area contributed by atoms with Gasteiger partial charge in [0.15, 0.2) is 0 Å². The summed E-state index contributed by atoms with van der Waals surface area (Å²) in [5, 5.41) is 16.0. The molecule has 0 saturated heterocycles. The van der Waals surface area contributed by atoms with E-state index in [0.29, 0.717) is 17.5 Å². The fraction of sp³-hybridized carbons (Fsp3) is 0.821. The molecule has 196 valence electrons. The monoisotopic (exact) mass is 492 g/mol. The zero-order valence-electron chi connectivity index (χ0n) is 22.4. The van der Waals surface area contributed by atoms with Crippen LogP contribution in [0, 0.1) is 5.92 Å². The van der Waals surface area contributed by atoms with E-state index in [1.807, 2.05) is 0 Å². The first-order valence-corrected chi connectivity index (χ1v) is 15.0. The Hall–Kier alpha value is -1.43. The van der Waals surface area contributed by atoms with Crippen molar-refractivity contribution in [3.63, 3.8) is 0 Å². The van der Waals surface area contributed by atoms with Crippen LogP contribution in [0.5, 0.6) is 0 Å². The van der Waals surface area contributed by atoms with E-state index < -0.39 is 0 Å². The van der Waals surface area contributed by atoms with E-state index in [1.165, 1.54) is 108 Å². The number of carbonyl (C=O) groups is 1. The third-order valence-corrected chi connectivity index (χ3v) is 7.22. The lowest BCUT2D eigenvalue weighted by atomic mass is 10.00. The quantitative estimate of drug-likeness (QED) is 0.118. The molecule has 1 unspecified atom stereocenters. The predicted molar refractivity (Wildman–Crippen MR) is 150 cm³/mol. The number of hydrogen-bond acceptors (Lipinski definition) is 5. The summed E-state index contributed by atoms with van der Waals surface area (Å²) in [4.78, 5) is 12.2. The van der Waals surface area contributed by atoms with Crippen molar-refractivity contribution in [1.29, 1.82) is 0 Å². The molecule has 0 bridgehead atoms. The Balaban J connectivity index is 1.99. The molecule has 34 heavy (non-hydrogen) atoms. The third-order valence-electron chi connectivity index (χ3n) is 6.42. The summed E-state index contributed by atoms with van der Waals surface area (Å²) < 4.78 is 0. The van der Waals surface area contributed by atoms with Crippen LogP contribution >= 0.6 is 11.3 Å². The average Bonchev–Trinajstić information content (AvgIpc) is 3.28. The average molecular weight is 493 g/mol. The van der Waals surface area contributed by atoms with Crippen molar-refractivity contribution >= 4 is 27.5 Å². The molecule has 6 heteroatoms. The minimum Gasteiger partial charge on any atom is -0.360 e. The molecular formula is C28H52N4OS. The normalized spacial score (nSPS) is 12.3. The van der Waals surface area contributed by atoms with Gasteiger partial charge in [-0.1, -0.05) is 115 Å². The van der Waals surface area contributed by atoms with Gasteiger partial charge in [0.05, 0.1) is 0 Å². The van der Waals surface area contributed by atoms with E-state index in [0.717, 1.165) is 24.5 Å². The van der Waals surface area contributed by atoms with Crippen molar-refractivity contribution in [2.24, 2.45) is 5.92 Å². The molecule has 1 amide bonds. The van der Waals surface area contributed by atoms with E-state index in [2.05, 4.69) is 53.8 Å². The van der Waals surface area contributed by atoms with Crippen LogP contribution in [-0.4, -0.2) is 22.6 Å². The molecule has 0 fully saturated rings. The second-order valence-corrected chi connectivity index (χ2v) is 10.6. The van der Waals surface area contributed by atoms with E-state index in [9.17, 15) is 4.79 Å². The minimum atomic E-state index is 0.0507. The summed E-state index contributed by atoms with van der Waals surface area (Å²) in [5.74, 6) is 0.720. The highest BCUT2D eigenvalue weighted by Gasteiger charge is 2.10. The summed E-state index contributed by atoms with van der Waals surface area (Å²) in [6.07, 6.45) is 26.7. The number of aromatic nitrogens is 2. The van der Waals surface area contributed by atoms with Gasteiger partial charge in [-0.3, -0.25) is 4.79 Å². The SMILES string of the molecule is CCCCCCCCC=CCCCCCCCC(=O)Nc1nnc(NCC(CC)CCCC)s1. The first-order valence-electron chi connectivity index (χ1n) is 14.2. The third kappa shape index (κ3) is 17.1. The predicted octanol–water partition coefficient (Wildman–Crippen LogP) is 9.14. The Morgan fingerprint density at radius 1 is 0.794 bits per heavy atom. The zero-order valence-corrected chi connectivity index (χ0v) is 23.2. The number of hydrogen-bond donors (Lipinski definition) is 2. The number of anilines is 2. The summed E-state index contributed by atoms with van der Waals surface area (Å²) in [6, 6.07) is 0. The van der Waals surface area contributed by atoms with Crippen molar-refractivity contribution in [3.05, 3.63) is 12.2 Å². The molecule has 0 aliphatic heterocycles. The van der Waals surface area contributed by atoms with Crippen molar-refractivity contribution < 1.29 is 4.79 Å². The molecule has 0 aliphatic rings. The standard InChI is InChI=1S/C28H52N4OS/c1-4-7-9-10-11-12-13-14-15-16-17-18-19-20-21-23-26(33)30-28-32-31-27(34-28)29-24-25(6-3)22-8-5-2/h14-15,25H,4-13,16-24H2,1-3H3,(H,29,31)(H,30,32,33). The second kappa shape index (κ2) is 22.1. The number of amides is 1.